The molecule has 9 heteroatoms. The number of benzene rings is 1. The minimum atomic E-state index is -0.204. The third-order valence-electron chi connectivity index (χ3n) is 4.38. The highest BCUT2D eigenvalue weighted by Gasteiger charge is 2.34. The lowest BCUT2D eigenvalue weighted by atomic mass is 10.1. The Hall–Kier alpha value is -3.00. The number of hydrogen-bond donors (Lipinski definition) is 1. The van der Waals surface area contributed by atoms with E-state index < -0.39 is 0 Å². The van der Waals surface area contributed by atoms with Crippen LogP contribution in [0.3, 0.4) is 0 Å². The zero-order chi connectivity index (χ0) is 18.3. The lowest BCUT2D eigenvalue weighted by molar-refractivity contribution is 0.0588. The van der Waals surface area contributed by atoms with Crippen LogP contribution in [-0.4, -0.2) is 41.6 Å². The molecule has 1 amide bonds. The first kappa shape index (κ1) is 16.5. The van der Waals surface area contributed by atoms with Crippen molar-refractivity contribution in [3.63, 3.8) is 0 Å². The highest BCUT2D eigenvalue weighted by Crippen LogP contribution is 2.27. The van der Waals surface area contributed by atoms with Crippen molar-refractivity contribution in [1.29, 1.82) is 0 Å². The van der Waals surface area contributed by atoms with Crippen LogP contribution in [0.1, 0.15) is 23.1 Å². The van der Waals surface area contributed by atoms with Crippen molar-refractivity contribution in [3.05, 3.63) is 53.2 Å². The number of halogens is 1. The molecule has 8 nitrogen and oxygen atoms in total. The van der Waals surface area contributed by atoms with Crippen molar-refractivity contribution >= 4 is 23.2 Å². The number of carbonyl (C=O) groups is 1. The van der Waals surface area contributed by atoms with Crippen molar-refractivity contribution in [1.82, 2.24) is 29.6 Å². The van der Waals surface area contributed by atoms with Crippen LogP contribution >= 0.6 is 11.6 Å². The van der Waals surface area contributed by atoms with E-state index in [1.165, 1.54) is 0 Å². The summed E-state index contributed by atoms with van der Waals surface area (Å²) in [4.78, 5) is 23.0. The lowest BCUT2D eigenvalue weighted by Gasteiger charge is -2.34. The number of nitrogens with two attached hydrogens (primary N) is 1. The molecule has 0 saturated heterocycles. The normalized spacial score (nSPS) is 16.6. The summed E-state index contributed by atoms with van der Waals surface area (Å²) in [6, 6.07) is 5.18. The summed E-state index contributed by atoms with van der Waals surface area (Å²) >= 11 is 6.25. The molecule has 1 aliphatic rings. The van der Waals surface area contributed by atoms with E-state index in [0.717, 1.165) is 5.56 Å². The van der Waals surface area contributed by atoms with E-state index in [1.807, 2.05) is 6.92 Å². The molecule has 3 heterocycles. The summed E-state index contributed by atoms with van der Waals surface area (Å²) < 4.78 is 1.79. The quantitative estimate of drug-likeness (QED) is 0.708. The van der Waals surface area contributed by atoms with Crippen LogP contribution < -0.4 is 5.73 Å². The molecular weight excluding hydrogens is 354 g/mol. The Bertz CT molecular complexity index is 972. The molecule has 1 aromatic carbocycles. The van der Waals surface area contributed by atoms with Gasteiger partial charge in [0.05, 0.1) is 6.20 Å². The maximum absolute atomic E-state index is 13.0. The maximum atomic E-state index is 13.0. The monoisotopic (exact) mass is 369 g/mol. The van der Waals surface area contributed by atoms with Gasteiger partial charge in [-0.2, -0.15) is 0 Å². The second-order valence-corrected chi connectivity index (χ2v) is 6.59. The number of fused-ring (bicyclic) bond motifs is 1. The van der Waals surface area contributed by atoms with E-state index >= 15 is 0 Å². The topological polar surface area (TPSA) is 103 Å². The molecule has 0 bridgehead atoms. The molecule has 1 aliphatic heterocycles. The van der Waals surface area contributed by atoms with Gasteiger partial charge in [-0.15, -0.1) is 10.2 Å². The van der Waals surface area contributed by atoms with E-state index in [9.17, 15) is 4.79 Å². The minimum Gasteiger partial charge on any atom is -0.399 e. The van der Waals surface area contributed by atoms with E-state index in [1.54, 1.807) is 46.3 Å². The Kier molecular flexibility index (Phi) is 4.04. The smallest absolute Gasteiger partial charge is 0.292 e. The molecule has 132 valence electrons. The van der Waals surface area contributed by atoms with Crippen molar-refractivity contribution in [2.24, 2.45) is 0 Å². The zero-order valence-corrected chi connectivity index (χ0v) is 14.8. The third kappa shape index (κ3) is 2.78. The van der Waals surface area contributed by atoms with Gasteiger partial charge in [-0.05, 0) is 30.7 Å². The number of aromatic nitrogens is 5. The highest BCUT2D eigenvalue weighted by molar-refractivity contribution is 6.31. The maximum Gasteiger partial charge on any atom is 0.292 e. The molecule has 2 N–H and O–H groups in total. The third-order valence-corrected chi connectivity index (χ3v) is 4.75. The summed E-state index contributed by atoms with van der Waals surface area (Å²) in [5, 5.41) is 8.80. The Morgan fingerprint density at radius 3 is 2.85 bits per heavy atom. The van der Waals surface area contributed by atoms with Crippen molar-refractivity contribution in [3.8, 4) is 11.5 Å². The molecule has 0 spiro atoms. The van der Waals surface area contributed by atoms with Gasteiger partial charge in [-0.25, -0.2) is 4.98 Å². The minimum absolute atomic E-state index is 0.0704. The van der Waals surface area contributed by atoms with Gasteiger partial charge in [-0.3, -0.25) is 14.3 Å². The van der Waals surface area contributed by atoms with Gasteiger partial charge in [0.15, 0.2) is 5.82 Å². The first-order chi connectivity index (χ1) is 12.5. The number of rotatable bonds is 3. The van der Waals surface area contributed by atoms with Crippen LogP contribution in [-0.2, 0) is 13.1 Å². The highest BCUT2D eigenvalue weighted by atomic mass is 35.5. The molecule has 0 unspecified atom stereocenters. The van der Waals surface area contributed by atoms with Crippen LogP contribution in [0.25, 0.3) is 11.5 Å². The first-order valence-corrected chi connectivity index (χ1v) is 8.47. The predicted molar refractivity (Wildman–Crippen MR) is 96.2 cm³/mol. The molecular formula is C17H16ClN7O. The molecule has 0 aliphatic carbocycles. The lowest BCUT2D eigenvalue weighted by Crippen LogP contribution is -2.46. The Balaban J connectivity index is 1.67. The van der Waals surface area contributed by atoms with Crippen LogP contribution in [0, 0.1) is 0 Å². The molecule has 3 aromatic rings. The zero-order valence-electron chi connectivity index (χ0n) is 14.0. The van der Waals surface area contributed by atoms with Crippen LogP contribution in [0.2, 0.25) is 5.02 Å². The van der Waals surface area contributed by atoms with Crippen molar-refractivity contribution in [2.45, 2.75) is 26.1 Å². The molecule has 4 rings (SSSR count). The number of carbonyl (C=O) groups excluding carboxylic acids is 1. The number of nitrogens with zero attached hydrogens (tertiary/aromatic N) is 6. The Morgan fingerprint density at radius 1 is 1.27 bits per heavy atom. The largest absolute Gasteiger partial charge is 0.399 e. The fourth-order valence-electron chi connectivity index (χ4n) is 3.06. The second-order valence-electron chi connectivity index (χ2n) is 6.18. The molecule has 0 radical (unpaired) electrons. The second kappa shape index (κ2) is 6.38. The van der Waals surface area contributed by atoms with Gasteiger partial charge in [-0.1, -0.05) is 11.6 Å². The average molecular weight is 370 g/mol. The SMILES string of the molecule is C[C@H]1Cn2c(nnc2-c2cnccn2)C(=O)N1Cc1cc(N)ccc1Cl. The van der Waals surface area contributed by atoms with Gasteiger partial charge in [0.25, 0.3) is 5.91 Å². The van der Waals surface area contributed by atoms with Gasteiger partial charge in [0, 0.05) is 42.2 Å². The summed E-state index contributed by atoms with van der Waals surface area (Å²) in [5.74, 6) is 0.614. The fourth-order valence-corrected chi connectivity index (χ4v) is 3.23. The number of amides is 1. The number of hydrogen-bond acceptors (Lipinski definition) is 6. The number of anilines is 1. The summed E-state index contributed by atoms with van der Waals surface area (Å²) in [6.07, 6.45) is 4.77. The van der Waals surface area contributed by atoms with E-state index in [0.29, 0.717) is 35.3 Å². The molecule has 0 fully saturated rings. The van der Waals surface area contributed by atoms with Crippen molar-refractivity contribution in [2.75, 3.05) is 5.73 Å². The Labute approximate surface area is 154 Å². The Morgan fingerprint density at radius 2 is 2.08 bits per heavy atom. The van der Waals surface area contributed by atoms with Crippen molar-refractivity contribution < 1.29 is 4.79 Å². The molecule has 1 atom stereocenters. The molecule has 26 heavy (non-hydrogen) atoms. The van der Waals surface area contributed by atoms with E-state index in [-0.39, 0.29) is 17.8 Å². The molecule has 2 aromatic heterocycles. The van der Waals surface area contributed by atoms with Crippen LogP contribution in [0.4, 0.5) is 5.69 Å². The van der Waals surface area contributed by atoms with Gasteiger partial charge in [0.1, 0.15) is 5.69 Å². The fraction of sp³-hybridized carbons (Fsp3) is 0.235. The van der Waals surface area contributed by atoms with Gasteiger partial charge in [0.2, 0.25) is 5.82 Å². The first-order valence-electron chi connectivity index (χ1n) is 8.09. The van der Waals surface area contributed by atoms with Gasteiger partial charge >= 0.3 is 0 Å². The van der Waals surface area contributed by atoms with Crippen LogP contribution in [0.5, 0.6) is 0 Å². The average Bonchev–Trinajstić information content (AvgIpc) is 3.06. The molecule has 0 saturated carbocycles. The van der Waals surface area contributed by atoms with Gasteiger partial charge < -0.3 is 10.6 Å². The van der Waals surface area contributed by atoms with E-state index in [2.05, 4.69) is 20.2 Å². The summed E-state index contributed by atoms with van der Waals surface area (Å²) in [6.45, 7) is 2.89. The predicted octanol–water partition coefficient (Wildman–Crippen LogP) is 2.02. The number of nitrogen functional groups attached to an aromatic ring is 1. The summed E-state index contributed by atoms with van der Waals surface area (Å²) in [7, 11) is 0. The van der Waals surface area contributed by atoms with E-state index in [4.69, 9.17) is 17.3 Å². The van der Waals surface area contributed by atoms with Crippen LogP contribution in [0.15, 0.2) is 36.8 Å². The standard InChI is InChI=1S/C17H16ClN7O/c1-10-8-25-15(14-7-20-4-5-21-14)22-23-16(25)17(26)24(10)9-11-6-12(19)2-3-13(11)18/h2-7,10H,8-9,19H2,1H3/t10-/m0/s1. The summed E-state index contributed by atoms with van der Waals surface area (Å²) in [5.41, 5.74) is 7.83.